The third-order valence-corrected chi connectivity index (χ3v) is 3.87. The maximum atomic E-state index is 13.7. The molecule has 24 heavy (non-hydrogen) atoms. The van der Waals surface area contributed by atoms with Crippen LogP contribution in [-0.4, -0.2) is 22.8 Å². The summed E-state index contributed by atoms with van der Waals surface area (Å²) in [6, 6.07) is 11.7. The molecule has 2 aromatic carbocycles. The first kappa shape index (κ1) is 16.2. The summed E-state index contributed by atoms with van der Waals surface area (Å²) < 4.78 is 21.1. The van der Waals surface area contributed by atoms with E-state index in [-0.39, 0.29) is 11.7 Å². The molecule has 3 aromatic rings. The number of rotatable bonds is 4. The van der Waals surface area contributed by atoms with Crippen molar-refractivity contribution in [3.05, 3.63) is 70.7 Å². The molecule has 1 aromatic heterocycles. The summed E-state index contributed by atoms with van der Waals surface area (Å²) in [6.45, 7) is 0. The molecule has 0 unspecified atom stereocenters. The highest BCUT2D eigenvalue weighted by atomic mass is 79.9. The van der Waals surface area contributed by atoms with E-state index in [1.54, 1.807) is 16.9 Å². The highest BCUT2D eigenvalue weighted by Crippen LogP contribution is 2.21. The minimum Gasteiger partial charge on any atom is -0.494 e. The minimum absolute atomic E-state index is 0.121. The zero-order chi connectivity index (χ0) is 17.1. The van der Waals surface area contributed by atoms with E-state index in [1.165, 1.54) is 25.4 Å². The summed E-state index contributed by atoms with van der Waals surface area (Å²) in [6.07, 6.45) is 3.07. The molecule has 0 bridgehead atoms. The summed E-state index contributed by atoms with van der Waals surface area (Å²) in [7, 11) is 1.38. The Labute approximate surface area is 146 Å². The van der Waals surface area contributed by atoms with Crippen molar-refractivity contribution < 1.29 is 13.9 Å². The van der Waals surface area contributed by atoms with Crippen LogP contribution in [0.3, 0.4) is 0 Å². The zero-order valence-corrected chi connectivity index (χ0v) is 14.2. The predicted octanol–water partition coefficient (Wildman–Crippen LogP) is 4.03. The number of nitrogens with one attached hydrogen (secondary N) is 1. The topological polar surface area (TPSA) is 56.1 Å². The Hall–Kier alpha value is -2.67. The van der Waals surface area contributed by atoms with Crippen LogP contribution in [0.2, 0.25) is 0 Å². The van der Waals surface area contributed by atoms with Gasteiger partial charge in [0, 0.05) is 22.4 Å². The number of benzene rings is 2. The van der Waals surface area contributed by atoms with Gasteiger partial charge in [-0.15, -0.1) is 0 Å². The fraction of sp³-hybridized carbons (Fsp3) is 0.0588. The molecule has 0 radical (unpaired) electrons. The smallest absolute Gasteiger partial charge is 0.258 e. The number of ether oxygens (including phenoxy) is 1. The van der Waals surface area contributed by atoms with Gasteiger partial charge in [-0.3, -0.25) is 4.79 Å². The van der Waals surface area contributed by atoms with Crippen LogP contribution < -0.4 is 10.1 Å². The molecule has 0 aliphatic heterocycles. The van der Waals surface area contributed by atoms with Gasteiger partial charge in [0.15, 0.2) is 11.6 Å². The second-order valence-electron chi connectivity index (χ2n) is 4.95. The molecule has 0 aliphatic carbocycles. The van der Waals surface area contributed by atoms with E-state index in [9.17, 15) is 9.18 Å². The third-order valence-electron chi connectivity index (χ3n) is 3.35. The number of halogens is 2. The molecule has 5 nitrogen and oxygen atoms in total. The first-order chi connectivity index (χ1) is 11.6. The summed E-state index contributed by atoms with van der Waals surface area (Å²) in [5, 5.41) is 6.80. The van der Waals surface area contributed by atoms with Crippen molar-refractivity contribution in [2.45, 2.75) is 0 Å². The van der Waals surface area contributed by atoms with Crippen molar-refractivity contribution in [1.82, 2.24) is 9.78 Å². The number of carbonyl (C=O) groups excluding carboxylic acids is 1. The lowest BCUT2D eigenvalue weighted by atomic mass is 10.2. The van der Waals surface area contributed by atoms with E-state index in [2.05, 4.69) is 26.3 Å². The number of hydrogen-bond donors (Lipinski definition) is 1. The van der Waals surface area contributed by atoms with E-state index in [4.69, 9.17) is 4.74 Å². The van der Waals surface area contributed by atoms with Crippen LogP contribution in [0.4, 0.5) is 10.1 Å². The molecule has 0 spiro atoms. The van der Waals surface area contributed by atoms with Gasteiger partial charge < -0.3 is 10.1 Å². The largest absolute Gasteiger partial charge is 0.494 e. The van der Waals surface area contributed by atoms with Crippen LogP contribution in [0.5, 0.6) is 5.75 Å². The van der Waals surface area contributed by atoms with Crippen LogP contribution >= 0.6 is 15.9 Å². The van der Waals surface area contributed by atoms with E-state index in [0.29, 0.717) is 11.3 Å². The SMILES string of the molecule is COc1ccc(NC(=O)c2cnn(-c3ccc(Br)cc3)c2)cc1F. The number of methoxy groups -OCH3 is 1. The second-order valence-corrected chi connectivity index (χ2v) is 5.87. The van der Waals surface area contributed by atoms with Crippen molar-refractivity contribution in [1.29, 1.82) is 0 Å². The van der Waals surface area contributed by atoms with Gasteiger partial charge in [0.05, 0.1) is 24.6 Å². The highest BCUT2D eigenvalue weighted by Gasteiger charge is 2.11. The average molecular weight is 390 g/mol. The first-order valence-electron chi connectivity index (χ1n) is 7.02. The molecule has 0 atom stereocenters. The van der Waals surface area contributed by atoms with Gasteiger partial charge in [-0.05, 0) is 36.4 Å². The number of hydrogen-bond acceptors (Lipinski definition) is 3. The molecule has 0 saturated carbocycles. The van der Waals surface area contributed by atoms with Gasteiger partial charge in [-0.25, -0.2) is 9.07 Å². The monoisotopic (exact) mass is 389 g/mol. The average Bonchev–Trinajstić information content (AvgIpc) is 3.06. The lowest BCUT2D eigenvalue weighted by Crippen LogP contribution is -2.11. The quantitative estimate of drug-likeness (QED) is 0.732. The van der Waals surface area contributed by atoms with Crippen molar-refractivity contribution in [3.63, 3.8) is 0 Å². The van der Waals surface area contributed by atoms with Crippen LogP contribution in [0.25, 0.3) is 5.69 Å². The molecule has 1 heterocycles. The molecule has 3 rings (SSSR count). The predicted molar refractivity (Wildman–Crippen MR) is 92.2 cm³/mol. The normalized spacial score (nSPS) is 10.5. The fourth-order valence-corrected chi connectivity index (χ4v) is 2.39. The molecular weight excluding hydrogens is 377 g/mol. The number of anilines is 1. The Bertz CT molecular complexity index is 878. The van der Waals surface area contributed by atoms with Crippen LogP contribution in [0, 0.1) is 5.82 Å². The van der Waals surface area contributed by atoms with E-state index in [1.807, 2.05) is 24.3 Å². The second kappa shape index (κ2) is 6.84. The molecule has 0 fully saturated rings. The van der Waals surface area contributed by atoms with Gasteiger partial charge in [0.1, 0.15) is 0 Å². The van der Waals surface area contributed by atoms with Crippen LogP contribution in [0.15, 0.2) is 59.3 Å². The lowest BCUT2D eigenvalue weighted by molar-refractivity contribution is 0.102. The van der Waals surface area contributed by atoms with Crippen molar-refractivity contribution >= 4 is 27.5 Å². The Kier molecular flexibility index (Phi) is 4.61. The summed E-state index contributed by atoms with van der Waals surface area (Å²) >= 11 is 3.37. The minimum atomic E-state index is -0.541. The number of amides is 1. The maximum Gasteiger partial charge on any atom is 0.258 e. The van der Waals surface area contributed by atoms with E-state index < -0.39 is 5.82 Å². The molecule has 7 heteroatoms. The lowest BCUT2D eigenvalue weighted by Gasteiger charge is -2.06. The fourth-order valence-electron chi connectivity index (χ4n) is 2.12. The summed E-state index contributed by atoms with van der Waals surface area (Å²) in [5.74, 6) is -0.792. The van der Waals surface area contributed by atoms with Gasteiger partial charge in [0.2, 0.25) is 0 Å². The number of aromatic nitrogens is 2. The van der Waals surface area contributed by atoms with Crippen LogP contribution in [0.1, 0.15) is 10.4 Å². The van der Waals surface area contributed by atoms with Crippen LogP contribution in [-0.2, 0) is 0 Å². The molecular formula is C17H13BrFN3O2. The van der Waals surface area contributed by atoms with Gasteiger partial charge in [-0.1, -0.05) is 15.9 Å². The molecule has 0 saturated heterocycles. The highest BCUT2D eigenvalue weighted by molar-refractivity contribution is 9.10. The Morgan fingerprint density at radius 2 is 2.00 bits per heavy atom. The van der Waals surface area contributed by atoms with Crippen molar-refractivity contribution in [3.8, 4) is 11.4 Å². The van der Waals surface area contributed by atoms with Crippen molar-refractivity contribution in [2.75, 3.05) is 12.4 Å². The van der Waals surface area contributed by atoms with Crippen molar-refractivity contribution in [2.24, 2.45) is 0 Å². The van der Waals surface area contributed by atoms with Gasteiger partial charge in [0.25, 0.3) is 5.91 Å². The standard InChI is InChI=1S/C17H13BrFN3O2/c1-24-16-7-4-13(8-15(16)19)21-17(23)11-9-20-22(10-11)14-5-2-12(18)3-6-14/h2-10H,1H3,(H,21,23). The van der Waals surface area contributed by atoms with E-state index in [0.717, 1.165) is 10.2 Å². The Morgan fingerprint density at radius 1 is 1.25 bits per heavy atom. The zero-order valence-electron chi connectivity index (χ0n) is 12.7. The Balaban J connectivity index is 1.76. The summed E-state index contributed by atoms with van der Waals surface area (Å²) in [4.78, 5) is 12.3. The number of nitrogens with zero attached hydrogens (tertiary/aromatic N) is 2. The maximum absolute atomic E-state index is 13.7. The van der Waals surface area contributed by atoms with Gasteiger partial charge in [-0.2, -0.15) is 5.10 Å². The summed E-state index contributed by atoms with van der Waals surface area (Å²) in [5.41, 5.74) is 1.54. The Morgan fingerprint density at radius 3 is 2.67 bits per heavy atom. The van der Waals surface area contributed by atoms with E-state index >= 15 is 0 Å². The van der Waals surface area contributed by atoms with Gasteiger partial charge >= 0.3 is 0 Å². The molecule has 0 aliphatic rings. The number of carbonyl (C=O) groups is 1. The molecule has 122 valence electrons. The molecule has 1 amide bonds. The molecule has 1 N–H and O–H groups in total. The first-order valence-corrected chi connectivity index (χ1v) is 7.81. The third kappa shape index (κ3) is 3.46.